The summed E-state index contributed by atoms with van der Waals surface area (Å²) in [6, 6.07) is 0. The normalized spacial score (nSPS) is 20.0. The van der Waals surface area contributed by atoms with Gasteiger partial charge in [0.2, 0.25) is 0 Å². The monoisotopic (exact) mass is 214 g/mol. The Morgan fingerprint density at radius 1 is 1.33 bits per heavy atom. The van der Waals surface area contributed by atoms with E-state index in [1.807, 2.05) is 0 Å². The van der Waals surface area contributed by atoms with E-state index in [0.717, 1.165) is 44.9 Å². The summed E-state index contributed by atoms with van der Waals surface area (Å²) >= 11 is 0. The SMILES string of the molecule is CC(C)CNCCCN1CCC(O)CC1. The lowest BCUT2D eigenvalue weighted by atomic mass is 10.1. The number of piperidine rings is 1. The Labute approximate surface area is 93.9 Å². The van der Waals surface area contributed by atoms with Crippen molar-refractivity contribution >= 4 is 0 Å². The van der Waals surface area contributed by atoms with Crippen molar-refractivity contribution in [3.05, 3.63) is 0 Å². The van der Waals surface area contributed by atoms with E-state index in [-0.39, 0.29) is 6.10 Å². The first-order chi connectivity index (χ1) is 7.18. The van der Waals surface area contributed by atoms with Crippen LogP contribution in [0, 0.1) is 5.92 Å². The molecule has 3 nitrogen and oxygen atoms in total. The van der Waals surface area contributed by atoms with Crippen molar-refractivity contribution < 1.29 is 5.11 Å². The molecule has 90 valence electrons. The van der Waals surface area contributed by atoms with Crippen molar-refractivity contribution in [1.29, 1.82) is 0 Å². The Morgan fingerprint density at radius 2 is 2.00 bits per heavy atom. The maximum absolute atomic E-state index is 9.36. The predicted molar refractivity (Wildman–Crippen MR) is 64.0 cm³/mol. The van der Waals surface area contributed by atoms with Crippen molar-refractivity contribution in [2.24, 2.45) is 5.92 Å². The molecule has 0 atom stereocenters. The third-order valence-corrected chi connectivity index (χ3v) is 2.94. The summed E-state index contributed by atoms with van der Waals surface area (Å²) in [4.78, 5) is 2.46. The molecule has 0 unspecified atom stereocenters. The third kappa shape index (κ3) is 6.13. The molecule has 0 aromatic carbocycles. The van der Waals surface area contributed by atoms with Crippen molar-refractivity contribution in [2.75, 3.05) is 32.7 Å². The molecule has 0 amide bonds. The van der Waals surface area contributed by atoms with Gasteiger partial charge in [-0.3, -0.25) is 0 Å². The van der Waals surface area contributed by atoms with Crippen LogP contribution in [-0.2, 0) is 0 Å². The molecule has 2 N–H and O–H groups in total. The average molecular weight is 214 g/mol. The maximum Gasteiger partial charge on any atom is 0.0564 e. The quantitative estimate of drug-likeness (QED) is 0.650. The lowest BCUT2D eigenvalue weighted by Gasteiger charge is -2.29. The number of hydrogen-bond donors (Lipinski definition) is 2. The third-order valence-electron chi connectivity index (χ3n) is 2.94. The summed E-state index contributed by atoms with van der Waals surface area (Å²) in [7, 11) is 0. The highest BCUT2D eigenvalue weighted by atomic mass is 16.3. The van der Waals surface area contributed by atoms with Gasteiger partial charge in [0.15, 0.2) is 0 Å². The molecule has 0 aliphatic carbocycles. The first-order valence-electron chi connectivity index (χ1n) is 6.29. The molecule has 15 heavy (non-hydrogen) atoms. The van der Waals surface area contributed by atoms with E-state index in [1.165, 1.54) is 13.0 Å². The minimum absolute atomic E-state index is 0.0414. The number of nitrogens with zero attached hydrogens (tertiary/aromatic N) is 1. The zero-order valence-corrected chi connectivity index (χ0v) is 10.2. The standard InChI is InChI=1S/C12H26N2O/c1-11(2)10-13-6-3-7-14-8-4-12(15)5-9-14/h11-13,15H,3-10H2,1-2H3. The Morgan fingerprint density at radius 3 is 2.60 bits per heavy atom. The maximum atomic E-state index is 9.36. The van der Waals surface area contributed by atoms with Crippen LogP contribution in [0.3, 0.4) is 0 Å². The highest BCUT2D eigenvalue weighted by Crippen LogP contribution is 2.09. The van der Waals surface area contributed by atoms with Gasteiger partial charge < -0.3 is 15.3 Å². The Bertz CT molecular complexity index is 154. The van der Waals surface area contributed by atoms with Crippen LogP contribution < -0.4 is 5.32 Å². The van der Waals surface area contributed by atoms with Crippen LogP contribution in [0.4, 0.5) is 0 Å². The molecule has 1 heterocycles. The summed E-state index contributed by atoms with van der Waals surface area (Å²) in [6.07, 6.45) is 3.10. The van der Waals surface area contributed by atoms with Gasteiger partial charge in [-0.05, 0) is 44.8 Å². The highest BCUT2D eigenvalue weighted by molar-refractivity contribution is 4.71. The van der Waals surface area contributed by atoms with Crippen LogP contribution in [0.15, 0.2) is 0 Å². The average Bonchev–Trinajstić information content (AvgIpc) is 2.20. The summed E-state index contributed by atoms with van der Waals surface area (Å²) in [6.45, 7) is 10.0. The van der Waals surface area contributed by atoms with Crippen LogP contribution in [0.5, 0.6) is 0 Å². The fourth-order valence-corrected chi connectivity index (χ4v) is 1.96. The van der Waals surface area contributed by atoms with Gasteiger partial charge >= 0.3 is 0 Å². The lowest BCUT2D eigenvalue weighted by molar-refractivity contribution is 0.0821. The van der Waals surface area contributed by atoms with Gasteiger partial charge in [-0.15, -0.1) is 0 Å². The second-order valence-corrected chi connectivity index (χ2v) is 5.02. The van der Waals surface area contributed by atoms with Gasteiger partial charge in [-0.25, -0.2) is 0 Å². The first kappa shape index (κ1) is 12.9. The van der Waals surface area contributed by atoms with Crippen molar-refractivity contribution in [3.8, 4) is 0 Å². The second kappa shape index (κ2) is 7.20. The molecule has 0 saturated carbocycles. The van der Waals surface area contributed by atoms with E-state index in [9.17, 15) is 5.11 Å². The molecule has 0 aromatic heterocycles. The number of likely N-dealkylation sites (tertiary alicyclic amines) is 1. The second-order valence-electron chi connectivity index (χ2n) is 5.02. The molecule has 0 aromatic rings. The van der Waals surface area contributed by atoms with Crippen LogP contribution >= 0.6 is 0 Å². The summed E-state index contributed by atoms with van der Waals surface area (Å²) in [5, 5.41) is 12.8. The van der Waals surface area contributed by atoms with E-state index in [0.29, 0.717) is 0 Å². The lowest BCUT2D eigenvalue weighted by Crippen LogP contribution is -2.37. The molecule has 0 radical (unpaired) electrons. The van der Waals surface area contributed by atoms with Gasteiger partial charge in [0.05, 0.1) is 6.10 Å². The molecule has 1 saturated heterocycles. The summed E-state index contributed by atoms with van der Waals surface area (Å²) < 4.78 is 0. The highest BCUT2D eigenvalue weighted by Gasteiger charge is 2.15. The van der Waals surface area contributed by atoms with E-state index in [2.05, 4.69) is 24.1 Å². The van der Waals surface area contributed by atoms with E-state index in [1.54, 1.807) is 0 Å². The van der Waals surface area contributed by atoms with Gasteiger partial charge in [-0.2, -0.15) is 0 Å². The first-order valence-corrected chi connectivity index (χ1v) is 6.29. The number of nitrogens with one attached hydrogen (secondary N) is 1. The molecule has 1 aliphatic heterocycles. The molecule has 0 spiro atoms. The van der Waals surface area contributed by atoms with Gasteiger partial charge in [0, 0.05) is 13.1 Å². The Balaban J connectivity index is 1.91. The van der Waals surface area contributed by atoms with Crippen LogP contribution in [0.25, 0.3) is 0 Å². The fourth-order valence-electron chi connectivity index (χ4n) is 1.96. The Hall–Kier alpha value is -0.120. The number of aliphatic hydroxyl groups excluding tert-OH is 1. The van der Waals surface area contributed by atoms with Crippen LogP contribution in [0.1, 0.15) is 33.1 Å². The Kier molecular flexibility index (Phi) is 6.22. The van der Waals surface area contributed by atoms with Crippen molar-refractivity contribution in [1.82, 2.24) is 10.2 Å². The number of aliphatic hydroxyl groups is 1. The van der Waals surface area contributed by atoms with Crippen LogP contribution in [0.2, 0.25) is 0 Å². The number of rotatable bonds is 6. The van der Waals surface area contributed by atoms with E-state index < -0.39 is 0 Å². The molecule has 1 rings (SSSR count). The fraction of sp³-hybridized carbons (Fsp3) is 1.00. The largest absolute Gasteiger partial charge is 0.393 e. The minimum Gasteiger partial charge on any atom is -0.393 e. The molecular formula is C12H26N2O. The van der Waals surface area contributed by atoms with E-state index >= 15 is 0 Å². The van der Waals surface area contributed by atoms with Gasteiger partial charge in [0.1, 0.15) is 0 Å². The zero-order valence-electron chi connectivity index (χ0n) is 10.2. The summed E-state index contributed by atoms with van der Waals surface area (Å²) in [5.74, 6) is 0.745. The predicted octanol–water partition coefficient (Wildman–Crippen LogP) is 1.08. The molecule has 0 bridgehead atoms. The van der Waals surface area contributed by atoms with E-state index in [4.69, 9.17) is 0 Å². The molecule has 3 heteroatoms. The van der Waals surface area contributed by atoms with Crippen LogP contribution in [-0.4, -0.2) is 48.8 Å². The van der Waals surface area contributed by atoms with Crippen molar-refractivity contribution in [2.45, 2.75) is 39.2 Å². The zero-order chi connectivity index (χ0) is 11.1. The molecular weight excluding hydrogens is 188 g/mol. The minimum atomic E-state index is -0.0414. The van der Waals surface area contributed by atoms with Gasteiger partial charge in [0.25, 0.3) is 0 Å². The molecule has 1 aliphatic rings. The molecule has 1 fully saturated rings. The smallest absolute Gasteiger partial charge is 0.0564 e. The number of hydrogen-bond acceptors (Lipinski definition) is 3. The van der Waals surface area contributed by atoms with Gasteiger partial charge in [-0.1, -0.05) is 13.8 Å². The topological polar surface area (TPSA) is 35.5 Å². The summed E-state index contributed by atoms with van der Waals surface area (Å²) in [5.41, 5.74) is 0. The van der Waals surface area contributed by atoms with Crippen molar-refractivity contribution in [3.63, 3.8) is 0 Å².